The smallest absolute Gasteiger partial charge is 0.0134 e. The molecule has 0 radical (unpaired) electrons. The quantitative estimate of drug-likeness (QED) is 0.589. The van der Waals surface area contributed by atoms with E-state index in [-0.39, 0.29) is 0 Å². The van der Waals surface area contributed by atoms with E-state index in [4.69, 9.17) is 0 Å². The summed E-state index contributed by atoms with van der Waals surface area (Å²) in [6.07, 6.45) is 6.04. The fourth-order valence-electron chi connectivity index (χ4n) is 1.64. The molecule has 1 saturated carbocycles. The van der Waals surface area contributed by atoms with E-state index in [1.54, 1.807) is 0 Å². The van der Waals surface area contributed by atoms with Crippen LogP contribution in [0.3, 0.4) is 0 Å². The minimum Gasteiger partial charge on any atom is -0.311 e. The molecule has 2 unspecified atom stereocenters. The van der Waals surface area contributed by atoms with Crippen LogP contribution in [0.5, 0.6) is 0 Å². The van der Waals surface area contributed by atoms with Crippen molar-refractivity contribution in [3.63, 3.8) is 0 Å². The normalized spacial score (nSPS) is 32.5. The monoisotopic (exact) mass is 139 g/mol. The summed E-state index contributed by atoms with van der Waals surface area (Å²) in [5.41, 5.74) is 0. The van der Waals surface area contributed by atoms with Crippen LogP contribution in [-0.2, 0) is 0 Å². The summed E-state index contributed by atoms with van der Waals surface area (Å²) in [4.78, 5) is 0. The molecule has 1 nitrogen and oxygen atoms in total. The lowest BCUT2D eigenvalue weighted by molar-refractivity contribution is 0.527. The molecule has 0 aromatic heterocycles. The SMILES string of the molecule is C=CCNC1CCC(C)C1. The molecule has 1 rings (SSSR count). The van der Waals surface area contributed by atoms with E-state index in [0.29, 0.717) is 0 Å². The van der Waals surface area contributed by atoms with Crippen molar-refractivity contribution in [2.24, 2.45) is 5.92 Å². The van der Waals surface area contributed by atoms with Crippen molar-refractivity contribution in [3.8, 4) is 0 Å². The highest BCUT2D eigenvalue weighted by Crippen LogP contribution is 2.24. The third-order valence-electron chi connectivity index (χ3n) is 2.25. The summed E-state index contributed by atoms with van der Waals surface area (Å²) in [5, 5.41) is 3.44. The fraction of sp³-hybridized carbons (Fsp3) is 0.778. The van der Waals surface area contributed by atoms with Crippen molar-refractivity contribution in [3.05, 3.63) is 12.7 Å². The molecule has 0 saturated heterocycles. The Labute approximate surface area is 63.5 Å². The topological polar surface area (TPSA) is 12.0 Å². The van der Waals surface area contributed by atoms with Crippen LogP contribution in [0.1, 0.15) is 26.2 Å². The van der Waals surface area contributed by atoms with Crippen molar-refractivity contribution >= 4 is 0 Å². The average Bonchev–Trinajstić information content (AvgIpc) is 2.31. The van der Waals surface area contributed by atoms with Gasteiger partial charge in [-0.25, -0.2) is 0 Å². The molecule has 0 amide bonds. The second kappa shape index (κ2) is 3.77. The van der Waals surface area contributed by atoms with Crippen LogP contribution in [0.4, 0.5) is 0 Å². The Balaban J connectivity index is 2.12. The standard InChI is InChI=1S/C9H17N/c1-3-6-10-9-5-4-8(2)7-9/h3,8-10H,1,4-7H2,2H3. The van der Waals surface area contributed by atoms with Gasteiger partial charge < -0.3 is 5.32 Å². The molecule has 10 heavy (non-hydrogen) atoms. The Hall–Kier alpha value is -0.300. The highest BCUT2D eigenvalue weighted by molar-refractivity contribution is 4.81. The lowest BCUT2D eigenvalue weighted by Gasteiger charge is -2.08. The molecule has 1 N–H and O–H groups in total. The molecule has 0 bridgehead atoms. The first-order valence-electron chi connectivity index (χ1n) is 4.17. The van der Waals surface area contributed by atoms with Crippen LogP contribution in [0.2, 0.25) is 0 Å². The zero-order valence-corrected chi connectivity index (χ0v) is 6.77. The largest absolute Gasteiger partial charge is 0.311 e. The maximum absolute atomic E-state index is 3.68. The zero-order chi connectivity index (χ0) is 7.40. The van der Waals surface area contributed by atoms with Gasteiger partial charge in [-0.1, -0.05) is 13.0 Å². The van der Waals surface area contributed by atoms with Crippen LogP contribution in [0, 0.1) is 5.92 Å². The Morgan fingerprint density at radius 2 is 2.40 bits per heavy atom. The molecule has 1 heteroatoms. The van der Waals surface area contributed by atoms with Crippen LogP contribution in [0.25, 0.3) is 0 Å². The van der Waals surface area contributed by atoms with Gasteiger partial charge in [0.1, 0.15) is 0 Å². The number of nitrogens with one attached hydrogen (secondary N) is 1. The molecule has 0 heterocycles. The Kier molecular flexibility index (Phi) is 2.94. The van der Waals surface area contributed by atoms with E-state index in [2.05, 4.69) is 18.8 Å². The van der Waals surface area contributed by atoms with E-state index in [0.717, 1.165) is 18.5 Å². The third-order valence-corrected chi connectivity index (χ3v) is 2.25. The van der Waals surface area contributed by atoms with Crippen molar-refractivity contribution in [1.29, 1.82) is 0 Å². The number of rotatable bonds is 3. The number of hydrogen-bond acceptors (Lipinski definition) is 1. The molecule has 0 spiro atoms. The van der Waals surface area contributed by atoms with Gasteiger partial charge in [-0.05, 0) is 25.2 Å². The summed E-state index contributed by atoms with van der Waals surface area (Å²) < 4.78 is 0. The number of hydrogen-bond donors (Lipinski definition) is 1. The van der Waals surface area contributed by atoms with E-state index < -0.39 is 0 Å². The highest BCUT2D eigenvalue weighted by Gasteiger charge is 2.19. The molecule has 0 aliphatic heterocycles. The van der Waals surface area contributed by atoms with Crippen LogP contribution < -0.4 is 5.32 Å². The van der Waals surface area contributed by atoms with Crippen LogP contribution in [-0.4, -0.2) is 12.6 Å². The summed E-state index contributed by atoms with van der Waals surface area (Å²) in [7, 11) is 0. The van der Waals surface area contributed by atoms with Crippen molar-refractivity contribution < 1.29 is 0 Å². The van der Waals surface area contributed by atoms with Gasteiger partial charge in [0, 0.05) is 12.6 Å². The van der Waals surface area contributed by atoms with Crippen molar-refractivity contribution in [2.45, 2.75) is 32.2 Å². The Morgan fingerprint density at radius 1 is 1.60 bits per heavy atom. The molecule has 0 aromatic rings. The third kappa shape index (κ3) is 2.14. The maximum Gasteiger partial charge on any atom is 0.0134 e. The Bertz CT molecular complexity index is 109. The molecular formula is C9H17N. The Morgan fingerprint density at radius 3 is 2.90 bits per heavy atom. The highest BCUT2D eigenvalue weighted by atomic mass is 14.9. The van der Waals surface area contributed by atoms with Gasteiger partial charge in [0.05, 0.1) is 0 Å². The molecule has 1 aliphatic carbocycles. The predicted molar refractivity (Wildman–Crippen MR) is 45.0 cm³/mol. The van der Waals surface area contributed by atoms with E-state index in [1.807, 2.05) is 6.08 Å². The molecule has 1 aliphatic rings. The van der Waals surface area contributed by atoms with E-state index in [1.165, 1.54) is 19.3 Å². The summed E-state index contributed by atoms with van der Waals surface area (Å²) >= 11 is 0. The minimum atomic E-state index is 0.771. The summed E-state index contributed by atoms with van der Waals surface area (Å²) in [6.45, 7) is 6.98. The van der Waals surface area contributed by atoms with Crippen LogP contribution >= 0.6 is 0 Å². The van der Waals surface area contributed by atoms with Crippen molar-refractivity contribution in [2.75, 3.05) is 6.54 Å². The molecule has 0 aromatic carbocycles. The molecule has 58 valence electrons. The zero-order valence-electron chi connectivity index (χ0n) is 6.77. The van der Waals surface area contributed by atoms with Gasteiger partial charge in [-0.15, -0.1) is 6.58 Å². The first kappa shape index (κ1) is 7.80. The first-order valence-corrected chi connectivity index (χ1v) is 4.17. The van der Waals surface area contributed by atoms with Gasteiger partial charge in [-0.2, -0.15) is 0 Å². The fourth-order valence-corrected chi connectivity index (χ4v) is 1.64. The summed E-state index contributed by atoms with van der Waals surface area (Å²) in [6, 6.07) is 0.771. The lowest BCUT2D eigenvalue weighted by Crippen LogP contribution is -2.26. The maximum atomic E-state index is 3.68. The second-order valence-electron chi connectivity index (χ2n) is 3.31. The van der Waals surface area contributed by atoms with Gasteiger partial charge in [0.25, 0.3) is 0 Å². The van der Waals surface area contributed by atoms with Crippen LogP contribution in [0.15, 0.2) is 12.7 Å². The molecule has 2 atom stereocenters. The first-order chi connectivity index (χ1) is 4.83. The van der Waals surface area contributed by atoms with E-state index >= 15 is 0 Å². The van der Waals surface area contributed by atoms with Gasteiger partial charge in [0.2, 0.25) is 0 Å². The van der Waals surface area contributed by atoms with Gasteiger partial charge in [0.15, 0.2) is 0 Å². The second-order valence-corrected chi connectivity index (χ2v) is 3.31. The minimum absolute atomic E-state index is 0.771. The summed E-state index contributed by atoms with van der Waals surface area (Å²) in [5.74, 6) is 0.933. The molecular weight excluding hydrogens is 122 g/mol. The van der Waals surface area contributed by atoms with E-state index in [9.17, 15) is 0 Å². The van der Waals surface area contributed by atoms with Gasteiger partial charge >= 0.3 is 0 Å². The average molecular weight is 139 g/mol. The van der Waals surface area contributed by atoms with Crippen molar-refractivity contribution in [1.82, 2.24) is 5.32 Å². The lowest BCUT2D eigenvalue weighted by atomic mass is 10.1. The van der Waals surface area contributed by atoms with Gasteiger partial charge in [-0.3, -0.25) is 0 Å². The molecule has 1 fully saturated rings. The predicted octanol–water partition coefficient (Wildman–Crippen LogP) is 1.95.